The van der Waals surface area contributed by atoms with Crippen molar-refractivity contribution >= 4 is 5.82 Å². The molecule has 1 saturated heterocycles. The Labute approximate surface area is 84.1 Å². The van der Waals surface area contributed by atoms with Crippen LogP contribution in [-0.2, 0) is 4.74 Å². The van der Waals surface area contributed by atoms with Crippen LogP contribution in [0.5, 0.6) is 0 Å². The summed E-state index contributed by atoms with van der Waals surface area (Å²) in [5.74, 6) is 2.00. The molecule has 1 unspecified atom stereocenters. The molecular weight excluding hydrogens is 178 g/mol. The molecule has 1 atom stereocenters. The lowest BCUT2D eigenvalue weighted by Crippen LogP contribution is -2.11. The number of anilines is 1. The van der Waals surface area contributed by atoms with E-state index in [2.05, 4.69) is 23.4 Å². The highest BCUT2D eigenvalue weighted by atomic mass is 16.5. The Bertz CT molecular complexity index is 313. The Morgan fingerprint density at radius 3 is 3.00 bits per heavy atom. The monoisotopic (exact) mass is 195 g/mol. The third-order valence-corrected chi connectivity index (χ3v) is 2.51. The number of imidazole rings is 1. The van der Waals surface area contributed by atoms with Crippen molar-refractivity contribution in [3.05, 3.63) is 12.0 Å². The summed E-state index contributed by atoms with van der Waals surface area (Å²) in [4.78, 5) is 4.32. The van der Waals surface area contributed by atoms with Crippen LogP contribution in [0.1, 0.15) is 44.7 Å². The van der Waals surface area contributed by atoms with Crippen molar-refractivity contribution in [2.75, 3.05) is 12.3 Å². The zero-order valence-corrected chi connectivity index (χ0v) is 8.73. The maximum atomic E-state index is 5.70. The molecule has 4 nitrogen and oxygen atoms in total. The van der Waals surface area contributed by atoms with Gasteiger partial charge in [0.25, 0.3) is 0 Å². The molecule has 0 saturated carbocycles. The van der Waals surface area contributed by atoms with E-state index >= 15 is 0 Å². The number of ether oxygens (including phenoxy) is 1. The third-order valence-electron chi connectivity index (χ3n) is 2.51. The van der Waals surface area contributed by atoms with Gasteiger partial charge in [-0.15, -0.1) is 0 Å². The SMILES string of the molecule is CC(C)c1nc(N)cn1C1CCCO1. The van der Waals surface area contributed by atoms with E-state index < -0.39 is 0 Å². The van der Waals surface area contributed by atoms with Gasteiger partial charge in [0.05, 0.1) is 6.20 Å². The van der Waals surface area contributed by atoms with Crippen LogP contribution in [0, 0.1) is 0 Å². The van der Waals surface area contributed by atoms with E-state index in [4.69, 9.17) is 10.5 Å². The molecule has 1 aromatic rings. The van der Waals surface area contributed by atoms with Gasteiger partial charge in [0, 0.05) is 12.5 Å². The topological polar surface area (TPSA) is 53.1 Å². The fourth-order valence-corrected chi connectivity index (χ4v) is 1.87. The van der Waals surface area contributed by atoms with E-state index in [9.17, 15) is 0 Å². The van der Waals surface area contributed by atoms with E-state index in [-0.39, 0.29) is 6.23 Å². The van der Waals surface area contributed by atoms with Crippen LogP contribution < -0.4 is 5.73 Å². The smallest absolute Gasteiger partial charge is 0.142 e. The highest BCUT2D eigenvalue weighted by Crippen LogP contribution is 2.27. The molecule has 2 rings (SSSR count). The number of hydrogen-bond acceptors (Lipinski definition) is 3. The largest absolute Gasteiger partial charge is 0.382 e. The Balaban J connectivity index is 2.30. The molecule has 4 heteroatoms. The van der Waals surface area contributed by atoms with Crippen molar-refractivity contribution in [2.45, 2.75) is 38.8 Å². The Morgan fingerprint density at radius 2 is 2.43 bits per heavy atom. The van der Waals surface area contributed by atoms with Gasteiger partial charge in [-0.1, -0.05) is 13.8 Å². The van der Waals surface area contributed by atoms with Gasteiger partial charge in [-0.3, -0.25) is 0 Å². The van der Waals surface area contributed by atoms with Crippen molar-refractivity contribution in [2.24, 2.45) is 0 Å². The molecule has 14 heavy (non-hydrogen) atoms. The Hall–Kier alpha value is -1.03. The highest BCUT2D eigenvalue weighted by molar-refractivity contribution is 5.27. The van der Waals surface area contributed by atoms with Gasteiger partial charge in [0.15, 0.2) is 0 Å². The predicted octanol–water partition coefficient (Wildman–Crippen LogP) is 1.90. The lowest BCUT2D eigenvalue weighted by Gasteiger charge is -2.15. The maximum absolute atomic E-state index is 5.70. The minimum absolute atomic E-state index is 0.150. The van der Waals surface area contributed by atoms with Gasteiger partial charge in [-0.25, -0.2) is 4.98 Å². The summed E-state index contributed by atoms with van der Waals surface area (Å²) in [5, 5.41) is 0. The van der Waals surface area contributed by atoms with Crippen LogP contribution in [0.4, 0.5) is 5.82 Å². The predicted molar refractivity (Wildman–Crippen MR) is 55.0 cm³/mol. The number of rotatable bonds is 2. The van der Waals surface area contributed by atoms with Gasteiger partial charge >= 0.3 is 0 Å². The summed E-state index contributed by atoms with van der Waals surface area (Å²) in [6, 6.07) is 0. The number of nitrogens with two attached hydrogens (primary N) is 1. The molecule has 0 amide bonds. The number of hydrogen-bond donors (Lipinski definition) is 1. The van der Waals surface area contributed by atoms with E-state index in [0.717, 1.165) is 25.3 Å². The summed E-state index contributed by atoms with van der Waals surface area (Å²) in [7, 11) is 0. The zero-order chi connectivity index (χ0) is 10.1. The quantitative estimate of drug-likeness (QED) is 0.784. The molecule has 1 fully saturated rings. The van der Waals surface area contributed by atoms with Gasteiger partial charge in [0.1, 0.15) is 17.9 Å². The summed E-state index contributed by atoms with van der Waals surface area (Å²) in [6.45, 7) is 5.08. The molecular formula is C10H17N3O. The van der Waals surface area contributed by atoms with Gasteiger partial charge in [0.2, 0.25) is 0 Å². The molecule has 0 bridgehead atoms. The number of nitrogen functional groups attached to an aromatic ring is 1. The van der Waals surface area contributed by atoms with Crippen LogP contribution in [0.25, 0.3) is 0 Å². The van der Waals surface area contributed by atoms with Gasteiger partial charge in [-0.2, -0.15) is 0 Å². The minimum Gasteiger partial charge on any atom is -0.382 e. The molecule has 2 N–H and O–H groups in total. The molecule has 1 aliphatic heterocycles. The first-order valence-corrected chi connectivity index (χ1v) is 5.14. The van der Waals surface area contributed by atoms with E-state index in [1.807, 2.05) is 6.20 Å². The molecule has 0 aliphatic carbocycles. The van der Waals surface area contributed by atoms with E-state index in [0.29, 0.717) is 11.7 Å². The molecule has 0 spiro atoms. The summed E-state index contributed by atoms with van der Waals surface area (Å²) in [6.07, 6.45) is 4.22. The second-order valence-corrected chi connectivity index (χ2v) is 4.05. The van der Waals surface area contributed by atoms with Crippen LogP contribution in [0.2, 0.25) is 0 Å². The molecule has 1 aromatic heterocycles. The first-order chi connectivity index (χ1) is 6.68. The molecule has 0 aromatic carbocycles. The highest BCUT2D eigenvalue weighted by Gasteiger charge is 2.21. The number of nitrogens with zero attached hydrogens (tertiary/aromatic N) is 2. The third kappa shape index (κ3) is 1.62. The van der Waals surface area contributed by atoms with Crippen molar-refractivity contribution in [3.63, 3.8) is 0 Å². The Morgan fingerprint density at radius 1 is 1.64 bits per heavy atom. The molecule has 0 radical (unpaired) electrons. The molecule has 78 valence electrons. The summed E-state index contributed by atoms with van der Waals surface area (Å²) < 4.78 is 7.69. The van der Waals surface area contributed by atoms with E-state index in [1.165, 1.54) is 0 Å². The Kier molecular flexibility index (Phi) is 2.46. The lowest BCUT2D eigenvalue weighted by molar-refractivity contribution is 0.0537. The summed E-state index contributed by atoms with van der Waals surface area (Å²) >= 11 is 0. The number of aromatic nitrogens is 2. The van der Waals surface area contributed by atoms with Crippen molar-refractivity contribution in [1.82, 2.24) is 9.55 Å². The van der Waals surface area contributed by atoms with Crippen molar-refractivity contribution < 1.29 is 4.74 Å². The first-order valence-electron chi connectivity index (χ1n) is 5.14. The van der Waals surface area contributed by atoms with Gasteiger partial charge in [-0.05, 0) is 12.8 Å². The second kappa shape index (κ2) is 3.61. The average Bonchev–Trinajstić information content (AvgIpc) is 2.70. The lowest BCUT2D eigenvalue weighted by atomic mass is 10.2. The van der Waals surface area contributed by atoms with Crippen molar-refractivity contribution in [1.29, 1.82) is 0 Å². The van der Waals surface area contributed by atoms with Crippen LogP contribution in [0.3, 0.4) is 0 Å². The van der Waals surface area contributed by atoms with Crippen LogP contribution in [-0.4, -0.2) is 16.2 Å². The zero-order valence-electron chi connectivity index (χ0n) is 8.73. The summed E-state index contributed by atoms with van der Waals surface area (Å²) in [5.41, 5.74) is 5.70. The van der Waals surface area contributed by atoms with Crippen LogP contribution in [0.15, 0.2) is 6.20 Å². The second-order valence-electron chi connectivity index (χ2n) is 4.05. The standard InChI is InChI=1S/C10H17N3O/c1-7(2)10-12-8(11)6-13(10)9-4-3-5-14-9/h6-7,9H,3-5,11H2,1-2H3. The van der Waals surface area contributed by atoms with Crippen LogP contribution >= 0.6 is 0 Å². The van der Waals surface area contributed by atoms with Crippen molar-refractivity contribution in [3.8, 4) is 0 Å². The normalized spacial score (nSPS) is 22.1. The molecule has 2 heterocycles. The van der Waals surface area contributed by atoms with E-state index in [1.54, 1.807) is 0 Å². The fourth-order valence-electron chi connectivity index (χ4n) is 1.87. The van der Waals surface area contributed by atoms with Gasteiger partial charge < -0.3 is 15.0 Å². The minimum atomic E-state index is 0.150. The first kappa shape index (κ1) is 9.52. The molecule has 1 aliphatic rings. The fraction of sp³-hybridized carbons (Fsp3) is 0.700. The average molecular weight is 195 g/mol. The maximum Gasteiger partial charge on any atom is 0.142 e.